The van der Waals surface area contributed by atoms with Gasteiger partial charge in [-0.15, -0.1) is 0 Å². The fourth-order valence-corrected chi connectivity index (χ4v) is 2.11. The molecule has 3 nitrogen and oxygen atoms in total. The number of nitrogens with zero attached hydrogens (tertiary/aromatic N) is 1. The fourth-order valence-electron chi connectivity index (χ4n) is 2.11. The Balaban J connectivity index is 2.60. The predicted octanol–water partition coefficient (Wildman–Crippen LogP) is 2.51. The molecular formula is C16H18N2O. The van der Waals surface area contributed by atoms with Crippen molar-refractivity contribution in [1.82, 2.24) is 4.90 Å². The predicted molar refractivity (Wildman–Crippen MR) is 77.8 cm³/mol. The minimum Gasteiger partial charge on any atom is -0.345 e. The van der Waals surface area contributed by atoms with Crippen LogP contribution in [0.25, 0.3) is 11.1 Å². The van der Waals surface area contributed by atoms with Crippen LogP contribution in [0.2, 0.25) is 0 Å². The summed E-state index contributed by atoms with van der Waals surface area (Å²) in [5.41, 5.74) is 9.48. The first kappa shape index (κ1) is 13.3. The fraction of sp³-hybridized carbons (Fsp3) is 0.188. The van der Waals surface area contributed by atoms with Crippen molar-refractivity contribution in [2.24, 2.45) is 5.73 Å². The molecule has 19 heavy (non-hydrogen) atoms. The Hall–Kier alpha value is -2.13. The van der Waals surface area contributed by atoms with Crippen LogP contribution in [0.5, 0.6) is 0 Å². The third-order valence-corrected chi connectivity index (χ3v) is 3.09. The summed E-state index contributed by atoms with van der Waals surface area (Å²) in [6, 6.07) is 15.6. The van der Waals surface area contributed by atoms with Crippen molar-refractivity contribution >= 4 is 5.91 Å². The molecule has 1 amide bonds. The Bertz CT molecular complexity index is 591. The number of carbonyl (C=O) groups excluding carboxylic acids is 1. The number of rotatable bonds is 3. The zero-order chi connectivity index (χ0) is 13.8. The Morgan fingerprint density at radius 1 is 1.00 bits per heavy atom. The largest absolute Gasteiger partial charge is 0.345 e. The van der Waals surface area contributed by atoms with Gasteiger partial charge in [-0.3, -0.25) is 4.79 Å². The standard InChI is InChI=1S/C16H18N2O/c1-18(2)16(19)15-10-6-5-9-14(15)13-8-4-3-7-12(13)11-17/h3-10H,11,17H2,1-2H3. The van der Waals surface area contributed by atoms with Gasteiger partial charge in [0, 0.05) is 26.2 Å². The highest BCUT2D eigenvalue weighted by atomic mass is 16.2. The van der Waals surface area contributed by atoms with Gasteiger partial charge >= 0.3 is 0 Å². The molecule has 0 saturated heterocycles. The van der Waals surface area contributed by atoms with Crippen LogP contribution in [0.4, 0.5) is 0 Å². The molecule has 98 valence electrons. The Labute approximate surface area is 113 Å². The van der Waals surface area contributed by atoms with Crippen LogP contribution in [0.3, 0.4) is 0 Å². The maximum absolute atomic E-state index is 12.2. The molecule has 2 aromatic carbocycles. The molecule has 0 aliphatic carbocycles. The normalized spacial score (nSPS) is 10.3. The molecule has 0 aliphatic heterocycles. The molecule has 2 rings (SSSR count). The van der Waals surface area contributed by atoms with Crippen LogP contribution in [0.15, 0.2) is 48.5 Å². The zero-order valence-corrected chi connectivity index (χ0v) is 11.3. The van der Waals surface area contributed by atoms with Gasteiger partial charge < -0.3 is 10.6 Å². The molecule has 0 aromatic heterocycles. The second-order valence-corrected chi connectivity index (χ2v) is 4.61. The molecule has 0 saturated carbocycles. The highest BCUT2D eigenvalue weighted by molar-refractivity contribution is 6.00. The Morgan fingerprint density at radius 2 is 1.58 bits per heavy atom. The highest BCUT2D eigenvalue weighted by Gasteiger charge is 2.15. The van der Waals surface area contributed by atoms with E-state index in [-0.39, 0.29) is 5.91 Å². The van der Waals surface area contributed by atoms with Crippen molar-refractivity contribution in [3.63, 3.8) is 0 Å². The first-order valence-corrected chi connectivity index (χ1v) is 6.24. The highest BCUT2D eigenvalue weighted by Crippen LogP contribution is 2.27. The monoisotopic (exact) mass is 254 g/mol. The number of amides is 1. The summed E-state index contributed by atoms with van der Waals surface area (Å²) >= 11 is 0. The molecular weight excluding hydrogens is 236 g/mol. The van der Waals surface area contributed by atoms with E-state index in [1.807, 2.05) is 48.5 Å². The van der Waals surface area contributed by atoms with Crippen LogP contribution in [0.1, 0.15) is 15.9 Å². The van der Waals surface area contributed by atoms with Crippen LogP contribution in [-0.4, -0.2) is 24.9 Å². The lowest BCUT2D eigenvalue weighted by Crippen LogP contribution is -2.22. The van der Waals surface area contributed by atoms with Crippen molar-refractivity contribution in [3.8, 4) is 11.1 Å². The number of carbonyl (C=O) groups is 1. The van der Waals surface area contributed by atoms with E-state index < -0.39 is 0 Å². The van der Waals surface area contributed by atoms with Crippen molar-refractivity contribution in [2.75, 3.05) is 14.1 Å². The van der Waals surface area contributed by atoms with E-state index in [2.05, 4.69) is 0 Å². The van der Waals surface area contributed by atoms with Gasteiger partial charge in [0.05, 0.1) is 0 Å². The van der Waals surface area contributed by atoms with Gasteiger partial charge in [0.25, 0.3) is 5.91 Å². The SMILES string of the molecule is CN(C)C(=O)c1ccccc1-c1ccccc1CN. The topological polar surface area (TPSA) is 46.3 Å². The summed E-state index contributed by atoms with van der Waals surface area (Å²) in [4.78, 5) is 13.8. The average Bonchev–Trinajstić information content (AvgIpc) is 2.46. The van der Waals surface area contributed by atoms with E-state index in [4.69, 9.17) is 5.73 Å². The van der Waals surface area contributed by atoms with Crippen LogP contribution in [-0.2, 0) is 6.54 Å². The van der Waals surface area contributed by atoms with Gasteiger partial charge in [0.1, 0.15) is 0 Å². The molecule has 0 fully saturated rings. The van der Waals surface area contributed by atoms with E-state index in [0.717, 1.165) is 16.7 Å². The second-order valence-electron chi connectivity index (χ2n) is 4.61. The third-order valence-electron chi connectivity index (χ3n) is 3.09. The third kappa shape index (κ3) is 2.66. The van der Waals surface area contributed by atoms with Crippen molar-refractivity contribution in [2.45, 2.75) is 6.54 Å². The average molecular weight is 254 g/mol. The van der Waals surface area contributed by atoms with Gasteiger partial charge in [-0.05, 0) is 22.8 Å². The quantitative estimate of drug-likeness (QED) is 0.914. The summed E-state index contributed by atoms with van der Waals surface area (Å²) in [5, 5.41) is 0. The molecule has 2 aromatic rings. The number of hydrogen-bond acceptors (Lipinski definition) is 2. The summed E-state index contributed by atoms with van der Waals surface area (Å²) in [7, 11) is 3.52. The molecule has 0 spiro atoms. The molecule has 0 radical (unpaired) electrons. The first-order valence-electron chi connectivity index (χ1n) is 6.24. The molecule has 0 atom stereocenters. The minimum atomic E-state index is 0.00224. The smallest absolute Gasteiger partial charge is 0.253 e. The number of nitrogens with two attached hydrogens (primary N) is 1. The van der Waals surface area contributed by atoms with E-state index in [0.29, 0.717) is 12.1 Å². The first-order chi connectivity index (χ1) is 9.15. The minimum absolute atomic E-state index is 0.00224. The molecule has 0 heterocycles. The lowest BCUT2D eigenvalue weighted by molar-refractivity contribution is 0.0828. The zero-order valence-electron chi connectivity index (χ0n) is 11.3. The molecule has 2 N–H and O–H groups in total. The van der Waals surface area contributed by atoms with Crippen molar-refractivity contribution in [1.29, 1.82) is 0 Å². The van der Waals surface area contributed by atoms with E-state index in [9.17, 15) is 4.79 Å². The van der Waals surface area contributed by atoms with Gasteiger partial charge in [0.2, 0.25) is 0 Å². The summed E-state index contributed by atoms with van der Waals surface area (Å²) in [6.45, 7) is 0.459. The van der Waals surface area contributed by atoms with Crippen LogP contribution in [0, 0.1) is 0 Å². The summed E-state index contributed by atoms with van der Waals surface area (Å²) in [6.07, 6.45) is 0. The Morgan fingerprint density at radius 3 is 2.21 bits per heavy atom. The van der Waals surface area contributed by atoms with E-state index in [1.165, 1.54) is 0 Å². The molecule has 3 heteroatoms. The van der Waals surface area contributed by atoms with Gasteiger partial charge in [-0.2, -0.15) is 0 Å². The summed E-state index contributed by atoms with van der Waals surface area (Å²) in [5.74, 6) is 0.00224. The molecule has 0 unspecified atom stereocenters. The van der Waals surface area contributed by atoms with Crippen LogP contribution < -0.4 is 5.73 Å². The number of hydrogen-bond donors (Lipinski definition) is 1. The maximum Gasteiger partial charge on any atom is 0.253 e. The van der Waals surface area contributed by atoms with Crippen molar-refractivity contribution < 1.29 is 4.79 Å². The maximum atomic E-state index is 12.2. The summed E-state index contributed by atoms with van der Waals surface area (Å²) < 4.78 is 0. The number of benzene rings is 2. The van der Waals surface area contributed by atoms with Crippen LogP contribution >= 0.6 is 0 Å². The molecule has 0 bridgehead atoms. The van der Waals surface area contributed by atoms with E-state index in [1.54, 1.807) is 19.0 Å². The lowest BCUT2D eigenvalue weighted by Gasteiger charge is -2.15. The van der Waals surface area contributed by atoms with Gasteiger partial charge in [-0.25, -0.2) is 0 Å². The van der Waals surface area contributed by atoms with Crippen molar-refractivity contribution in [3.05, 3.63) is 59.7 Å². The van der Waals surface area contributed by atoms with Gasteiger partial charge in [0.15, 0.2) is 0 Å². The Kier molecular flexibility index (Phi) is 3.97. The van der Waals surface area contributed by atoms with E-state index >= 15 is 0 Å². The second kappa shape index (κ2) is 5.67. The van der Waals surface area contributed by atoms with Gasteiger partial charge in [-0.1, -0.05) is 42.5 Å². The molecule has 0 aliphatic rings. The lowest BCUT2D eigenvalue weighted by atomic mass is 9.95.